The summed E-state index contributed by atoms with van der Waals surface area (Å²) in [6, 6.07) is 0. The molecular formula is C15H31N. The van der Waals surface area contributed by atoms with Crippen molar-refractivity contribution in [3.8, 4) is 0 Å². The molecule has 0 aliphatic carbocycles. The molecule has 1 saturated heterocycles. The maximum absolute atomic E-state index is 2.67. The van der Waals surface area contributed by atoms with Crippen LogP contribution in [0.15, 0.2) is 0 Å². The molecule has 96 valence electrons. The van der Waals surface area contributed by atoms with E-state index in [0.29, 0.717) is 5.41 Å². The van der Waals surface area contributed by atoms with Gasteiger partial charge in [-0.05, 0) is 56.1 Å². The molecule has 1 aliphatic heterocycles. The van der Waals surface area contributed by atoms with Crippen LogP contribution in [-0.4, -0.2) is 24.5 Å². The Bertz CT molecular complexity index is 184. The SMILES string of the molecule is CCC(C)C1CCN(CCC(C)(C)C)CC1. The molecule has 0 spiro atoms. The number of hydrogen-bond acceptors (Lipinski definition) is 1. The zero-order valence-electron chi connectivity index (χ0n) is 12.1. The van der Waals surface area contributed by atoms with Gasteiger partial charge in [-0.3, -0.25) is 0 Å². The van der Waals surface area contributed by atoms with Crippen molar-refractivity contribution in [1.82, 2.24) is 4.90 Å². The van der Waals surface area contributed by atoms with Crippen LogP contribution in [0.1, 0.15) is 60.3 Å². The molecule has 0 aromatic heterocycles. The third-order valence-electron chi connectivity index (χ3n) is 4.26. The molecule has 0 radical (unpaired) electrons. The smallest absolute Gasteiger partial charge is 0.00137 e. The Kier molecular flexibility index (Phi) is 5.30. The minimum atomic E-state index is 0.494. The van der Waals surface area contributed by atoms with Gasteiger partial charge < -0.3 is 4.90 Å². The van der Waals surface area contributed by atoms with E-state index in [0.717, 1.165) is 11.8 Å². The summed E-state index contributed by atoms with van der Waals surface area (Å²) in [5.74, 6) is 1.93. The standard InChI is InChI=1S/C15H31N/c1-6-13(2)14-7-10-16(11-8-14)12-9-15(3,4)5/h13-14H,6-12H2,1-5H3. The van der Waals surface area contributed by atoms with Gasteiger partial charge >= 0.3 is 0 Å². The van der Waals surface area contributed by atoms with Crippen LogP contribution in [0.4, 0.5) is 0 Å². The van der Waals surface area contributed by atoms with Crippen LogP contribution in [0.3, 0.4) is 0 Å². The van der Waals surface area contributed by atoms with Crippen molar-refractivity contribution >= 4 is 0 Å². The third-order valence-corrected chi connectivity index (χ3v) is 4.26. The Hall–Kier alpha value is -0.0400. The Labute approximate surface area is 103 Å². The molecule has 1 unspecified atom stereocenters. The van der Waals surface area contributed by atoms with Crippen molar-refractivity contribution in [3.63, 3.8) is 0 Å². The highest BCUT2D eigenvalue weighted by Crippen LogP contribution is 2.27. The van der Waals surface area contributed by atoms with Gasteiger partial charge in [-0.15, -0.1) is 0 Å². The first-order chi connectivity index (χ1) is 7.42. The summed E-state index contributed by atoms with van der Waals surface area (Å²) in [6.45, 7) is 15.8. The van der Waals surface area contributed by atoms with E-state index in [4.69, 9.17) is 0 Å². The second-order valence-electron chi connectivity index (χ2n) is 6.88. The monoisotopic (exact) mass is 225 g/mol. The second-order valence-corrected chi connectivity index (χ2v) is 6.88. The molecule has 1 nitrogen and oxygen atoms in total. The predicted octanol–water partition coefficient (Wildman–Crippen LogP) is 4.18. The molecule has 1 atom stereocenters. The Morgan fingerprint density at radius 3 is 2.19 bits per heavy atom. The zero-order valence-corrected chi connectivity index (χ0v) is 12.1. The van der Waals surface area contributed by atoms with Crippen molar-refractivity contribution in [2.24, 2.45) is 17.3 Å². The summed E-state index contributed by atoms with van der Waals surface area (Å²) in [5, 5.41) is 0. The summed E-state index contributed by atoms with van der Waals surface area (Å²) in [4.78, 5) is 2.67. The van der Waals surface area contributed by atoms with Crippen LogP contribution in [0.2, 0.25) is 0 Å². The average Bonchev–Trinajstić information content (AvgIpc) is 2.25. The molecule has 1 fully saturated rings. The van der Waals surface area contributed by atoms with Gasteiger partial charge in [0.25, 0.3) is 0 Å². The van der Waals surface area contributed by atoms with Gasteiger partial charge in [0.1, 0.15) is 0 Å². The fourth-order valence-electron chi connectivity index (χ4n) is 2.57. The summed E-state index contributed by atoms with van der Waals surface area (Å²) in [7, 11) is 0. The van der Waals surface area contributed by atoms with Gasteiger partial charge in [-0.25, -0.2) is 0 Å². The van der Waals surface area contributed by atoms with Crippen LogP contribution < -0.4 is 0 Å². The number of piperidine rings is 1. The van der Waals surface area contributed by atoms with Crippen LogP contribution in [0.25, 0.3) is 0 Å². The minimum Gasteiger partial charge on any atom is -0.303 e. The van der Waals surface area contributed by atoms with Crippen molar-refractivity contribution < 1.29 is 0 Å². The molecule has 0 amide bonds. The van der Waals surface area contributed by atoms with Crippen LogP contribution >= 0.6 is 0 Å². The lowest BCUT2D eigenvalue weighted by Gasteiger charge is -2.35. The van der Waals surface area contributed by atoms with E-state index in [9.17, 15) is 0 Å². The molecule has 1 rings (SSSR count). The second kappa shape index (κ2) is 6.05. The highest BCUT2D eigenvalue weighted by atomic mass is 15.1. The quantitative estimate of drug-likeness (QED) is 0.694. The van der Waals surface area contributed by atoms with Crippen molar-refractivity contribution in [3.05, 3.63) is 0 Å². The van der Waals surface area contributed by atoms with E-state index in [2.05, 4.69) is 39.5 Å². The van der Waals surface area contributed by atoms with Crippen molar-refractivity contribution in [2.75, 3.05) is 19.6 Å². The molecule has 1 heterocycles. The highest BCUT2D eigenvalue weighted by molar-refractivity contribution is 4.76. The Balaban J connectivity index is 2.22. The van der Waals surface area contributed by atoms with Crippen molar-refractivity contribution in [1.29, 1.82) is 0 Å². The lowest BCUT2D eigenvalue weighted by molar-refractivity contribution is 0.137. The maximum Gasteiger partial charge on any atom is -0.00137 e. The van der Waals surface area contributed by atoms with Gasteiger partial charge in [0.15, 0.2) is 0 Å². The normalized spacial score (nSPS) is 22.3. The number of likely N-dealkylation sites (tertiary alicyclic amines) is 1. The molecule has 16 heavy (non-hydrogen) atoms. The van der Waals surface area contributed by atoms with E-state index < -0.39 is 0 Å². The van der Waals surface area contributed by atoms with Crippen molar-refractivity contribution in [2.45, 2.75) is 60.3 Å². The fraction of sp³-hybridized carbons (Fsp3) is 1.00. The molecule has 0 saturated carbocycles. The first kappa shape index (κ1) is 14.0. The van der Waals surface area contributed by atoms with Crippen LogP contribution in [0, 0.1) is 17.3 Å². The predicted molar refractivity (Wildman–Crippen MR) is 72.7 cm³/mol. The minimum absolute atomic E-state index is 0.494. The molecule has 0 aromatic carbocycles. The Morgan fingerprint density at radius 2 is 1.75 bits per heavy atom. The lowest BCUT2D eigenvalue weighted by Crippen LogP contribution is -2.37. The zero-order chi connectivity index (χ0) is 12.2. The average molecular weight is 225 g/mol. The first-order valence-corrected chi connectivity index (χ1v) is 7.14. The number of hydrogen-bond donors (Lipinski definition) is 0. The van der Waals surface area contributed by atoms with Gasteiger partial charge in [-0.2, -0.15) is 0 Å². The number of nitrogens with zero attached hydrogens (tertiary/aromatic N) is 1. The molecule has 0 aromatic rings. The van der Waals surface area contributed by atoms with E-state index in [1.165, 1.54) is 45.3 Å². The summed E-state index contributed by atoms with van der Waals surface area (Å²) in [6.07, 6.45) is 5.55. The van der Waals surface area contributed by atoms with Gasteiger partial charge in [0.2, 0.25) is 0 Å². The molecule has 1 heteroatoms. The van der Waals surface area contributed by atoms with Gasteiger partial charge in [0, 0.05) is 0 Å². The molecular weight excluding hydrogens is 194 g/mol. The van der Waals surface area contributed by atoms with E-state index in [-0.39, 0.29) is 0 Å². The summed E-state index contributed by atoms with van der Waals surface area (Å²) in [5.41, 5.74) is 0.494. The molecule has 0 bridgehead atoms. The maximum atomic E-state index is 2.67. The molecule has 0 N–H and O–H groups in total. The van der Waals surface area contributed by atoms with E-state index in [1.807, 2.05) is 0 Å². The van der Waals surface area contributed by atoms with Gasteiger partial charge in [0.05, 0.1) is 0 Å². The summed E-state index contributed by atoms with van der Waals surface area (Å²) >= 11 is 0. The first-order valence-electron chi connectivity index (χ1n) is 7.14. The summed E-state index contributed by atoms with van der Waals surface area (Å²) < 4.78 is 0. The largest absolute Gasteiger partial charge is 0.303 e. The van der Waals surface area contributed by atoms with E-state index in [1.54, 1.807) is 0 Å². The lowest BCUT2D eigenvalue weighted by atomic mass is 9.83. The highest BCUT2D eigenvalue weighted by Gasteiger charge is 2.23. The number of rotatable bonds is 4. The topological polar surface area (TPSA) is 3.24 Å². The van der Waals surface area contributed by atoms with Gasteiger partial charge in [-0.1, -0.05) is 41.0 Å². The third kappa shape index (κ3) is 4.86. The molecule has 1 aliphatic rings. The Morgan fingerprint density at radius 1 is 1.19 bits per heavy atom. The van der Waals surface area contributed by atoms with Crippen LogP contribution in [0.5, 0.6) is 0 Å². The fourth-order valence-corrected chi connectivity index (χ4v) is 2.57. The van der Waals surface area contributed by atoms with E-state index >= 15 is 0 Å². The van der Waals surface area contributed by atoms with Crippen LogP contribution in [-0.2, 0) is 0 Å².